The summed E-state index contributed by atoms with van der Waals surface area (Å²) in [5, 5.41) is 18.6. The SMILES string of the molecule is Cc1cc(CNC(=O)Nc2cccc(C(C)O)c2)no1. The molecule has 1 aromatic heterocycles. The summed E-state index contributed by atoms with van der Waals surface area (Å²) < 4.78 is 4.91. The van der Waals surface area contributed by atoms with Crippen LogP contribution in [0.3, 0.4) is 0 Å². The van der Waals surface area contributed by atoms with Crippen molar-refractivity contribution in [2.75, 3.05) is 5.32 Å². The predicted molar refractivity (Wildman–Crippen MR) is 74.2 cm³/mol. The van der Waals surface area contributed by atoms with Crippen LogP contribution in [0, 0.1) is 6.92 Å². The minimum atomic E-state index is -0.571. The number of nitrogens with one attached hydrogen (secondary N) is 2. The lowest BCUT2D eigenvalue weighted by atomic mass is 10.1. The number of carbonyl (C=O) groups is 1. The van der Waals surface area contributed by atoms with E-state index in [1.165, 1.54) is 0 Å². The zero-order chi connectivity index (χ0) is 14.5. The largest absolute Gasteiger partial charge is 0.389 e. The molecule has 1 atom stereocenters. The number of urea groups is 1. The van der Waals surface area contributed by atoms with Gasteiger partial charge in [-0.05, 0) is 31.5 Å². The number of aliphatic hydroxyl groups excluding tert-OH is 1. The Morgan fingerprint density at radius 1 is 1.45 bits per heavy atom. The molecule has 0 aliphatic heterocycles. The van der Waals surface area contributed by atoms with Gasteiger partial charge in [-0.2, -0.15) is 0 Å². The molecule has 0 radical (unpaired) electrons. The fourth-order valence-corrected chi connectivity index (χ4v) is 1.72. The van der Waals surface area contributed by atoms with Crippen molar-refractivity contribution in [2.45, 2.75) is 26.5 Å². The number of anilines is 1. The quantitative estimate of drug-likeness (QED) is 0.799. The minimum Gasteiger partial charge on any atom is -0.389 e. The molecular formula is C14H17N3O3. The van der Waals surface area contributed by atoms with Gasteiger partial charge in [0.05, 0.1) is 12.6 Å². The molecule has 0 bridgehead atoms. The molecule has 0 fully saturated rings. The number of aryl methyl sites for hydroxylation is 1. The van der Waals surface area contributed by atoms with Crippen LogP contribution in [0.25, 0.3) is 0 Å². The Bertz CT molecular complexity index is 593. The van der Waals surface area contributed by atoms with Gasteiger partial charge in [-0.15, -0.1) is 0 Å². The molecule has 2 rings (SSSR count). The number of rotatable bonds is 4. The number of benzene rings is 1. The molecule has 1 aromatic carbocycles. The molecule has 0 saturated heterocycles. The first-order valence-corrected chi connectivity index (χ1v) is 6.29. The summed E-state index contributed by atoms with van der Waals surface area (Å²) in [6, 6.07) is 8.48. The van der Waals surface area contributed by atoms with Crippen LogP contribution in [0.5, 0.6) is 0 Å². The van der Waals surface area contributed by atoms with Crippen molar-refractivity contribution in [2.24, 2.45) is 0 Å². The summed E-state index contributed by atoms with van der Waals surface area (Å²) >= 11 is 0. The summed E-state index contributed by atoms with van der Waals surface area (Å²) in [7, 11) is 0. The second-order valence-corrected chi connectivity index (χ2v) is 4.54. The minimum absolute atomic E-state index is 0.291. The average molecular weight is 275 g/mol. The zero-order valence-electron chi connectivity index (χ0n) is 11.4. The van der Waals surface area contributed by atoms with Crippen molar-refractivity contribution < 1.29 is 14.4 Å². The van der Waals surface area contributed by atoms with Gasteiger partial charge in [0, 0.05) is 11.8 Å². The molecule has 3 N–H and O–H groups in total. The Hall–Kier alpha value is -2.34. The van der Waals surface area contributed by atoms with Gasteiger partial charge in [-0.25, -0.2) is 4.79 Å². The van der Waals surface area contributed by atoms with Crippen molar-refractivity contribution in [1.82, 2.24) is 10.5 Å². The first-order chi connectivity index (χ1) is 9.54. The highest BCUT2D eigenvalue weighted by molar-refractivity contribution is 5.89. The van der Waals surface area contributed by atoms with Crippen LogP contribution >= 0.6 is 0 Å². The van der Waals surface area contributed by atoms with E-state index < -0.39 is 6.10 Å². The van der Waals surface area contributed by atoms with E-state index in [2.05, 4.69) is 15.8 Å². The van der Waals surface area contributed by atoms with Crippen LogP contribution in [-0.2, 0) is 6.54 Å². The number of nitrogens with zero attached hydrogens (tertiary/aromatic N) is 1. The van der Waals surface area contributed by atoms with Gasteiger partial charge in [-0.1, -0.05) is 17.3 Å². The summed E-state index contributed by atoms with van der Waals surface area (Å²) in [5.41, 5.74) is 2.03. The van der Waals surface area contributed by atoms with Gasteiger partial charge < -0.3 is 20.3 Å². The Balaban J connectivity index is 1.89. The van der Waals surface area contributed by atoms with Gasteiger partial charge in [0.1, 0.15) is 11.5 Å². The lowest BCUT2D eigenvalue weighted by Gasteiger charge is -2.09. The molecule has 0 aliphatic carbocycles. The van der Waals surface area contributed by atoms with Crippen molar-refractivity contribution in [1.29, 1.82) is 0 Å². The fraction of sp³-hybridized carbons (Fsp3) is 0.286. The van der Waals surface area contributed by atoms with Gasteiger partial charge >= 0.3 is 6.03 Å². The molecule has 0 aliphatic rings. The Morgan fingerprint density at radius 3 is 2.90 bits per heavy atom. The van der Waals surface area contributed by atoms with E-state index in [1.807, 2.05) is 0 Å². The molecule has 0 spiro atoms. The number of aromatic nitrogens is 1. The predicted octanol–water partition coefficient (Wildman–Crippen LogP) is 2.36. The summed E-state index contributed by atoms with van der Waals surface area (Å²) in [4.78, 5) is 11.7. The number of hydrogen-bond donors (Lipinski definition) is 3. The van der Waals surface area contributed by atoms with E-state index in [0.717, 1.165) is 5.56 Å². The third kappa shape index (κ3) is 3.83. The number of aliphatic hydroxyl groups is 1. The zero-order valence-corrected chi connectivity index (χ0v) is 11.4. The van der Waals surface area contributed by atoms with Crippen LogP contribution in [-0.4, -0.2) is 16.3 Å². The Kier molecular flexibility index (Phi) is 4.37. The third-order valence-electron chi connectivity index (χ3n) is 2.73. The number of hydrogen-bond acceptors (Lipinski definition) is 4. The van der Waals surface area contributed by atoms with E-state index >= 15 is 0 Å². The average Bonchev–Trinajstić information content (AvgIpc) is 2.82. The normalized spacial score (nSPS) is 11.9. The van der Waals surface area contributed by atoms with Gasteiger partial charge in [0.25, 0.3) is 0 Å². The lowest BCUT2D eigenvalue weighted by Crippen LogP contribution is -2.28. The van der Waals surface area contributed by atoms with E-state index in [0.29, 0.717) is 23.7 Å². The maximum atomic E-state index is 11.7. The third-order valence-corrected chi connectivity index (χ3v) is 2.73. The Labute approximate surface area is 116 Å². The molecule has 6 nitrogen and oxygen atoms in total. The molecule has 2 amide bonds. The molecular weight excluding hydrogens is 258 g/mol. The fourth-order valence-electron chi connectivity index (χ4n) is 1.72. The van der Waals surface area contributed by atoms with Gasteiger partial charge in [-0.3, -0.25) is 0 Å². The van der Waals surface area contributed by atoms with E-state index in [1.54, 1.807) is 44.2 Å². The highest BCUT2D eigenvalue weighted by Gasteiger charge is 2.06. The van der Waals surface area contributed by atoms with Gasteiger partial charge in [0.15, 0.2) is 0 Å². The van der Waals surface area contributed by atoms with E-state index in [9.17, 15) is 9.90 Å². The Morgan fingerprint density at radius 2 is 2.25 bits per heavy atom. The number of amides is 2. The first kappa shape index (κ1) is 14.1. The van der Waals surface area contributed by atoms with Crippen LogP contribution in [0.15, 0.2) is 34.9 Å². The monoisotopic (exact) mass is 275 g/mol. The van der Waals surface area contributed by atoms with Crippen molar-refractivity contribution >= 4 is 11.7 Å². The standard InChI is InChI=1S/C14H17N3O3/c1-9-6-13(17-20-9)8-15-14(19)16-12-5-3-4-11(7-12)10(2)18/h3-7,10,18H,8H2,1-2H3,(H2,15,16,19). The van der Waals surface area contributed by atoms with E-state index in [-0.39, 0.29) is 6.03 Å². The molecule has 1 heterocycles. The molecule has 1 unspecified atom stereocenters. The van der Waals surface area contributed by atoms with Crippen molar-refractivity contribution in [3.8, 4) is 0 Å². The van der Waals surface area contributed by atoms with Gasteiger partial charge in [0.2, 0.25) is 0 Å². The second-order valence-electron chi connectivity index (χ2n) is 4.54. The van der Waals surface area contributed by atoms with Crippen LogP contribution in [0.4, 0.5) is 10.5 Å². The maximum absolute atomic E-state index is 11.7. The maximum Gasteiger partial charge on any atom is 0.319 e. The highest BCUT2D eigenvalue weighted by Crippen LogP contribution is 2.16. The summed E-state index contributed by atoms with van der Waals surface area (Å²) in [6.45, 7) is 3.75. The summed E-state index contributed by atoms with van der Waals surface area (Å²) in [6.07, 6.45) is -0.571. The van der Waals surface area contributed by atoms with Crippen molar-refractivity contribution in [3.05, 3.63) is 47.3 Å². The van der Waals surface area contributed by atoms with E-state index in [4.69, 9.17) is 4.52 Å². The van der Waals surface area contributed by atoms with Crippen LogP contribution in [0.1, 0.15) is 30.0 Å². The lowest BCUT2D eigenvalue weighted by molar-refractivity contribution is 0.199. The highest BCUT2D eigenvalue weighted by atomic mass is 16.5. The molecule has 20 heavy (non-hydrogen) atoms. The summed E-state index contributed by atoms with van der Waals surface area (Å²) in [5.74, 6) is 0.701. The molecule has 0 saturated carbocycles. The van der Waals surface area contributed by atoms with Crippen molar-refractivity contribution in [3.63, 3.8) is 0 Å². The van der Waals surface area contributed by atoms with Crippen LogP contribution < -0.4 is 10.6 Å². The second kappa shape index (κ2) is 6.21. The molecule has 2 aromatic rings. The number of carbonyl (C=O) groups excluding carboxylic acids is 1. The first-order valence-electron chi connectivity index (χ1n) is 6.29. The van der Waals surface area contributed by atoms with Crippen LogP contribution in [0.2, 0.25) is 0 Å². The molecule has 6 heteroatoms. The topological polar surface area (TPSA) is 87.4 Å². The molecule has 106 valence electrons. The smallest absolute Gasteiger partial charge is 0.319 e.